The molecule has 31 heavy (non-hydrogen) atoms. The third-order valence-corrected chi connectivity index (χ3v) is 5.17. The molecule has 2 aromatic heterocycles. The van der Waals surface area contributed by atoms with Gasteiger partial charge in [0.25, 0.3) is 0 Å². The number of aromatic nitrogens is 3. The van der Waals surface area contributed by atoms with Crippen LogP contribution in [0.25, 0.3) is 11.4 Å². The summed E-state index contributed by atoms with van der Waals surface area (Å²) in [5, 5.41) is 24.0. The first kappa shape index (κ1) is 21.2. The number of rotatable bonds is 9. The molecule has 0 bridgehead atoms. The van der Waals surface area contributed by atoms with Gasteiger partial charge in [0.2, 0.25) is 17.6 Å². The molecule has 1 saturated heterocycles. The number of ether oxygens (including phenoxy) is 2. The molecule has 0 radical (unpaired) electrons. The van der Waals surface area contributed by atoms with Gasteiger partial charge < -0.3 is 24.4 Å². The predicted octanol–water partition coefficient (Wildman–Crippen LogP) is 3.19. The van der Waals surface area contributed by atoms with Crippen LogP contribution in [0.5, 0.6) is 5.88 Å². The minimum absolute atomic E-state index is 0.00399. The van der Waals surface area contributed by atoms with E-state index in [2.05, 4.69) is 20.0 Å². The largest absolute Gasteiger partial charge is 0.733 e. The Labute approximate surface area is 179 Å². The summed E-state index contributed by atoms with van der Waals surface area (Å²) < 4.78 is 16.3. The minimum atomic E-state index is -0.145. The molecule has 0 spiro atoms. The van der Waals surface area contributed by atoms with Crippen molar-refractivity contribution < 1.29 is 19.2 Å². The van der Waals surface area contributed by atoms with Crippen molar-refractivity contribution in [1.29, 1.82) is 0 Å². The summed E-state index contributed by atoms with van der Waals surface area (Å²) in [4.78, 5) is 11.2. The lowest BCUT2D eigenvalue weighted by molar-refractivity contribution is 0.144. The summed E-state index contributed by atoms with van der Waals surface area (Å²) in [6.07, 6.45) is 3.58. The van der Waals surface area contributed by atoms with Gasteiger partial charge in [0.1, 0.15) is 6.61 Å². The van der Waals surface area contributed by atoms with Crippen LogP contribution in [0.4, 0.5) is 5.69 Å². The zero-order valence-electron chi connectivity index (χ0n) is 17.2. The Morgan fingerprint density at radius 3 is 2.87 bits per heavy atom. The van der Waals surface area contributed by atoms with Crippen molar-refractivity contribution in [2.24, 2.45) is 0 Å². The number of likely N-dealkylation sites (tertiary alicyclic amines) is 1. The van der Waals surface area contributed by atoms with Crippen molar-refractivity contribution >= 4 is 5.69 Å². The lowest BCUT2D eigenvalue weighted by Gasteiger charge is -2.23. The molecular formula is C21H24N5O5-. The first-order valence-electron chi connectivity index (χ1n) is 10.1. The highest BCUT2D eigenvalue weighted by Crippen LogP contribution is 2.34. The van der Waals surface area contributed by atoms with E-state index in [0.717, 1.165) is 24.9 Å². The molecule has 3 aromatic rings. The van der Waals surface area contributed by atoms with Crippen molar-refractivity contribution in [1.82, 2.24) is 20.0 Å². The summed E-state index contributed by atoms with van der Waals surface area (Å²) in [7, 11) is 1.61. The lowest BCUT2D eigenvalue weighted by Crippen LogP contribution is -2.23. The normalized spacial score (nSPS) is 16.5. The summed E-state index contributed by atoms with van der Waals surface area (Å²) in [6, 6.07) is 10.5. The lowest BCUT2D eigenvalue weighted by atomic mass is 10.1. The molecule has 10 nitrogen and oxygen atoms in total. The van der Waals surface area contributed by atoms with Crippen LogP contribution in [0.1, 0.15) is 30.3 Å². The van der Waals surface area contributed by atoms with Crippen LogP contribution in [0.2, 0.25) is 0 Å². The molecule has 0 saturated carbocycles. The van der Waals surface area contributed by atoms with Gasteiger partial charge in [-0.25, -0.2) is 4.98 Å². The van der Waals surface area contributed by atoms with E-state index in [9.17, 15) is 5.21 Å². The fraction of sp³-hybridized carbons (Fsp3) is 0.381. The van der Waals surface area contributed by atoms with Crippen molar-refractivity contribution in [2.45, 2.75) is 25.4 Å². The zero-order chi connectivity index (χ0) is 21.6. The van der Waals surface area contributed by atoms with Crippen LogP contribution >= 0.6 is 0 Å². The Balaban J connectivity index is 1.48. The second-order valence-corrected chi connectivity index (χ2v) is 7.22. The molecule has 1 atom stereocenters. The standard InChI is InChI=1S/C21H24N5O5/c1-29-12-13-30-20-17(4-2-10-22-20)19-23-21(31-24-19)18-5-3-11-25(18)14-15-6-8-16(9-7-15)26(27)28/h2,4,6-10,18,27H,3,5,11-14H2,1H3/q-1. The summed E-state index contributed by atoms with van der Waals surface area (Å²) in [5.74, 6) is 1.42. The Morgan fingerprint density at radius 2 is 2.10 bits per heavy atom. The third kappa shape index (κ3) is 5.00. The van der Waals surface area contributed by atoms with Gasteiger partial charge in [-0.05, 0) is 49.2 Å². The summed E-state index contributed by atoms with van der Waals surface area (Å²) in [6.45, 7) is 2.40. The second kappa shape index (κ2) is 9.84. The molecule has 3 heterocycles. The summed E-state index contributed by atoms with van der Waals surface area (Å²) >= 11 is 0. The Hall–Kier alpha value is -3.05. The quantitative estimate of drug-likeness (QED) is 0.403. The molecule has 4 rings (SSSR count). The highest BCUT2D eigenvalue weighted by molar-refractivity contribution is 5.60. The predicted molar refractivity (Wildman–Crippen MR) is 111 cm³/mol. The maximum Gasteiger partial charge on any atom is 0.244 e. The molecule has 10 heteroatoms. The van der Waals surface area contributed by atoms with Crippen LogP contribution in [0.3, 0.4) is 0 Å². The van der Waals surface area contributed by atoms with Gasteiger partial charge in [0, 0.05) is 19.9 Å². The SMILES string of the molecule is COCCOc1ncccc1-c1noc(C2CCCN2Cc2ccc(N([O-])O)cc2)n1. The Morgan fingerprint density at radius 1 is 1.26 bits per heavy atom. The van der Waals surface area contributed by atoms with Gasteiger partial charge in [0.05, 0.1) is 23.9 Å². The second-order valence-electron chi connectivity index (χ2n) is 7.22. The molecule has 164 valence electrons. The number of pyridine rings is 1. The molecule has 1 aliphatic heterocycles. The Kier molecular flexibility index (Phi) is 6.73. The highest BCUT2D eigenvalue weighted by atomic mass is 16.8. The number of nitrogens with zero attached hydrogens (tertiary/aromatic N) is 5. The van der Waals surface area contributed by atoms with Gasteiger partial charge in [-0.15, -0.1) is 0 Å². The molecule has 1 aromatic carbocycles. The third-order valence-electron chi connectivity index (χ3n) is 5.17. The molecule has 1 fully saturated rings. The topological polar surface area (TPSA) is 120 Å². The molecule has 0 amide bonds. The Bertz CT molecular complexity index is 978. The van der Waals surface area contributed by atoms with Gasteiger partial charge in [0.15, 0.2) is 0 Å². The average molecular weight is 426 g/mol. The van der Waals surface area contributed by atoms with E-state index in [1.807, 2.05) is 18.2 Å². The fourth-order valence-electron chi connectivity index (χ4n) is 3.64. The number of methoxy groups -OCH3 is 1. The van der Waals surface area contributed by atoms with Gasteiger partial charge in [-0.1, -0.05) is 17.3 Å². The molecule has 1 N–H and O–H groups in total. The van der Waals surface area contributed by atoms with Crippen LogP contribution in [0.15, 0.2) is 47.1 Å². The van der Waals surface area contributed by atoms with Crippen molar-refractivity contribution in [2.75, 3.05) is 32.1 Å². The van der Waals surface area contributed by atoms with Crippen LogP contribution in [-0.2, 0) is 11.3 Å². The zero-order valence-corrected chi connectivity index (χ0v) is 17.2. The molecular weight excluding hydrogens is 402 g/mol. The molecule has 0 aliphatic carbocycles. The van der Waals surface area contributed by atoms with E-state index in [1.54, 1.807) is 31.5 Å². The fourth-order valence-corrected chi connectivity index (χ4v) is 3.64. The highest BCUT2D eigenvalue weighted by Gasteiger charge is 2.31. The van der Waals surface area contributed by atoms with E-state index in [0.29, 0.717) is 42.9 Å². The molecule has 1 aliphatic rings. The van der Waals surface area contributed by atoms with Crippen molar-refractivity contribution in [3.8, 4) is 17.3 Å². The van der Waals surface area contributed by atoms with Crippen molar-refractivity contribution in [3.63, 3.8) is 0 Å². The monoisotopic (exact) mass is 426 g/mol. The van der Waals surface area contributed by atoms with E-state index in [-0.39, 0.29) is 17.0 Å². The average Bonchev–Trinajstić information content (AvgIpc) is 3.44. The number of anilines is 1. The maximum absolute atomic E-state index is 11.0. The maximum atomic E-state index is 11.0. The van der Waals surface area contributed by atoms with Gasteiger partial charge in [-0.3, -0.25) is 10.1 Å². The van der Waals surface area contributed by atoms with E-state index < -0.39 is 0 Å². The number of benzene rings is 1. The van der Waals surface area contributed by atoms with Crippen LogP contribution < -0.4 is 9.96 Å². The first-order valence-corrected chi connectivity index (χ1v) is 10.1. The van der Waals surface area contributed by atoms with Gasteiger partial charge >= 0.3 is 0 Å². The van der Waals surface area contributed by atoms with E-state index in [1.165, 1.54) is 0 Å². The van der Waals surface area contributed by atoms with E-state index in [4.69, 9.17) is 19.2 Å². The molecule has 1 unspecified atom stereocenters. The first-order chi connectivity index (χ1) is 15.2. The summed E-state index contributed by atoms with van der Waals surface area (Å²) in [5.41, 5.74) is 1.89. The van der Waals surface area contributed by atoms with Crippen LogP contribution in [0, 0.1) is 5.21 Å². The van der Waals surface area contributed by atoms with Crippen LogP contribution in [-0.4, -0.2) is 52.1 Å². The van der Waals surface area contributed by atoms with E-state index >= 15 is 0 Å². The van der Waals surface area contributed by atoms with Crippen molar-refractivity contribution in [3.05, 3.63) is 59.3 Å². The number of hydrogen-bond donors (Lipinski definition) is 1. The van der Waals surface area contributed by atoms with Gasteiger partial charge in [-0.2, -0.15) is 4.98 Å². The number of hydrogen-bond acceptors (Lipinski definition) is 10. The smallest absolute Gasteiger partial charge is 0.244 e. The minimum Gasteiger partial charge on any atom is -0.733 e.